The molecule has 3 heterocycles. The van der Waals surface area contributed by atoms with Crippen molar-refractivity contribution in [3.05, 3.63) is 95.6 Å². The van der Waals surface area contributed by atoms with Crippen LogP contribution in [0.25, 0.3) is 27.5 Å². The van der Waals surface area contributed by atoms with Gasteiger partial charge in [0.15, 0.2) is 0 Å². The summed E-state index contributed by atoms with van der Waals surface area (Å²) in [7, 11) is 0. The second-order valence-electron chi connectivity index (χ2n) is 9.43. The van der Waals surface area contributed by atoms with Gasteiger partial charge >= 0.3 is 0 Å². The second kappa shape index (κ2) is 5.26. The first-order valence-electron chi connectivity index (χ1n) is 10.8. The van der Waals surface area contributed by atoms with Crippen LogP contribution in [0.5, 0.6) is 0 Å². The van der Waals surface area contributed by atoms with E-state index in [9.17, 15) is 0 Å². The zero-order valence-electron chi connectivity index (χ0n) is 17.5. The summed E-state index contributed by atoms with van der Waals surface area (Å²) < 4.78 is 2.55. The highest BCUT2D eigenvalue weighted by Crippen LogP contribution is 2.40. The molecule has 4 aromatic carbocycles. The van der Waals surface area contributed by atoms with Crippen molar-refractivity contribution in [2.24, 2.45) is 0 Å². The molecule has 142 valence electrons. The molecular weight excluding hydrogens is 361 g/mol. The molecular formula is C28H22BN. The van der Waals surface area contributed by atoms with Crippen LogP contribution in [0.4, 0.5) is 0 Å². The predicted octanol–water partition coefficient (Wildman–Crippen LogP) is 4.56. The Labute approximate surface area is 177 Å². The first kappa shape index (κ1) is 16.5. The SMILES string of the molecule is Cc1cccc2c3ccc4c5c3n(c12)-c1ccccc1B5c1ccccc1C4(C)C. The van der Waals surface area contributed by atoms with E-state index in [1.165, 1.54) is 60.6 Å². The van der Waals surface area contributed by atoms with Gasteiger partial charge in [-0.25, -0.2) is 0 Å². The number of nitrogens with zero attached hydrogens (tertiary/aromatic N) is 1. The molecule has 0 bridgehead atoms. The average Bonchev–Trinajstić information content (AvgIpc) is 3.11. The van der Waals surface area contributed by atoms with Gasteiger partial charge in [-0.3, -0.25) is 0 Å². The second-order valence-corrected chi connectivity index (χ2v) is 9.43. The zero-order valence-corrected chi connectivity index (χ0v) is 17.5. The molecule has 0 N–H and O–H groups in total. The van der Waals surface area contributed by atoms with Crippen molar-refractivity contribution in [1.82, 2.24) is 4.57 Å². The standard InChI is InChI=1S/C28H22BN/c1-17-9-8-10-18-19-15-16-21-25-27(19)30(26(17)18)24-14-7-6-13-23(24)29(25)22-12-5-4-11-20(22)28(21,2)3/h4-16H,1-3H3. The number of hydrogen-bond acceptors (Lipinski definition) is 0. The van der Waals surface area contributed by atoms with E-state index in [4.69, 9.17) is 0 Å². The number of hydrogen-bond donors (Lipinski definition) is 0. The fourth-order valence-corrected chi connectivity index (χ4v) is 6.31. The van der Waals surface area contributed by atoms with Gasteiger partial charge in [0.1, 0.15) is 0 Å². The summed E-state index contributed by atoms with van der Waals surface area (Å²) in [4.78, 5) is 0. The molecule has 0 saturated heterocycles. The van der Waals surface area contributed by atoms with Crippen molar-refractivity contribution in [3.8, 4) is 5.69 Å². The van der Waals surface area contributed by atoms with E-state index < -0.39 is 0 Å². The third-order valence-corrected chi connectivity index (χ3v) is 7.59. The molecule has 30 heavy (non-hydrogen) atoms. The lowest BCUT2D eigenvalue weighted by Gasteiger charge is -2.41. The summed E-state index contributed by atoms with van der Waals surface area (Å²) in [5.41, 5.74) is 12.7. The minimum Gasteiger partial charge on any atom is -0.310 e. The minimum atomic E-state index is -0.0147. The molecule has 0 amide bonds. The maximum atomic E-state index is 2.55. The smallest absolute Gasteiger partial charge is 0.247 e. The van der Waals surface area contributed by atoms with Crippen molar-refractivity contribution < 1.29 is 0 Å². The van der Waals surface area contributed by atoms with E-state index in [-0.39, 0.29) is 5.41 Å². The normalized spacial score (nSPS) is 15.4. The highest BCUT2D eigenvalue weighted by Gasteiger charge is 2.44. The Balaban J connectivity index is 1.80. The van der Waals surface area contributed by atoms with Gasteiger partial charge < -0.3 is 4.57 Å². The summed E-state index contributed by atoms with van der Waals surface area (Å²) in [6.07, 6.45) is 0. The highest BCUT2D eigenvalue weighted by molar-refractivity contribution is 6.99. The third-order valence-electron chi connectivity index (χ3n) is 7.59. The molecule has 2 aliphatic rings. The fraction of sp³-hybridized carbons (Fsp3) is 0.143. The molecule has 7 rings (SSSR count). The third kappa shape index (κ3) is 1.73. The van der Waals surface area contributed by atoms with E-state index in [1.54, 1.807) is 0 Å². The Morgan fingerprint density at radius 2 is 1.40 bits per heavy atom. The molecule has 0 atom stereocenters. The van der Waals surface area contributed by atoms with Crippen molar-refractivity contribution in [2.45, 2.75) is 26.2 Å². The molecule has 0 unspecified atom stereocenters. The van der Waals surface area contributed by atoms with Crippen LogP contribution in [0.15, 0.2) is 78.9 Å². The summed E-state index contributed by atoms with van der Waals surface area (Å²) >= 11 is 0. The van der Waals surface area contributed by atoms with Gasteiger partial charge in [0, 0.05) is 27.4 Å². The summed E-state index contributed by atoms with van der Waals surface area (Å²) in [6.45, 7) is 7.31. The number of para-hydroxylation sites is 2. The topological polar surface area (TPSA) is 4.93 Å². The van der Waals surface area contributed by atoms with Crippen molar-refractivity contribution in [1.29, 1.82) is 0 Å². The van der Waals surface area contributed by atoms with Crippen LogP contribution in [0.3, 0.4) is 0 Å². The van der Waals surface area contributed by atoms with Crippen LogP contribution in [0.1, 0.15) is 30.5 Å². The van der Waals surface area contributed by atoms with E-state index in [0.29, 0.717) is 6.71 Å². The number of rotatable bonds is 0. The summed E-state index contributed by atoms with van der Waals surface area (Å²) in [5, 5.41) is 2.74. The van der Waals surface area contributed by atoms with Crippen molar-refractivity contribution in [2.75, 3.05) is 0 Å². The van der Waals surface area contributed by atoms with Crippen LogP contribution < -0.4 is 16.4 Å². The Bertz CT molecular complexity index is 1540. The summed E-state index contributed by atoms with van der Waals surface area (Å²) in [5.74, 6) is 0. The van der Waals surface area contributed by atoms with Crippen LogP contribution in [-0.2, 0) is 5.41 Å². The lowest BCUT2D eigenvalue weighted by atomic mass is 9.30. The van der Waals surface area contributed by atoms with E-state index >= 15 is 0 Å². The lowest BCUT2D eigenvalue weighted by molar-refractivity contribution is 0.646. The van der Waals surface area contributed by atoms with Crippen LogP contribution >= 0.6 is 0 Å². The van der Waals surface area contributed by atoms with Crippen molar-refractivity contribution in [3.63, 3.8) is 0 Å². The fourth-order valence-electron chi connectivity index (χ4n) is 6.31. The van der Waals surface area contributed by atoms with E-state index in [1.807, 2.05) is 0 Å². The molecule has 0 radical (unpaired) electrons. The van der Waals surface area contributed by atoms with E-state index in [0.717, 1.165) is 0 Å². The molecule has 2 heteroatoms. The lowest BCUT2D eigenvalue weighted by Crippen LogP contribution is -2.63. The molecule has 1 nitrogen and oxygen atoms in total. The molecule has 5 aromatic rings. The van der Waals surface area contributed by atoms with Crippen LogP contribution in [0, 0.1) is 6.92 Å². The summed E-state index contributed by atoms with van der Waals surface area (Å²) in [6, 6.07) is 29.6. The number of aryl methyl sites for hydroxylation is 1. The van der Waals surface area contributed by atoms with Gasteiger partial charge in [-0.1, -0.05) is 92.1 Å². The van der Waals surface area contributed by atoms with Gasteiger partial charge in [-0.2, -0.15) is 0 Å². The van der Waals surface area contributed by atoms with E-state index in [2.05, 4.69) is 104 Å². The maximum Gasteiger partial charge on any atom is 0.247 e. The number of fused-ring (bicyclic) bond motifs is 8. The Hall–Kier alpha value is -3.26. The first-order valence-corrected chi connectivity index (χ1v) is 10.8. The Morgan fingerprint density at radius 1 is 0.667 bits per heavy atom. The zero-order chi connectivity index (χ0) is 20.2. The van der Waals surface area contributed by atoms with Crippen LogP contribution in [-0.4, -0.2) is 11.3 Å². The van der Waals surface area contributed by atoms with Gasteiger partial charge in [0.05, 0.1) is 5.52 Å². The number of benzene rings is 4. The molecule has 0 spiro atoms. The first-order chi connectivity index (χ1) is 14.6. The molecule has 0 saturated carbocycles. The quantitative estimate of drug-likeness (QED) is 0.339. The van der Waals surface area contributed by atoms with Gasteiger partial charge in [-0.05, 0) is 40.6 Å². The minimum absolute atomic E-state index is 0.0147. The Kier molecular flexibility index (Phi) is 2.90. The molecule has 2 aliphatic heterocycles. The predicted molar refractivity (Wildman–Crippen MR) is 129 cm³/mol. The molecule has 0 fully saturated rings. The monoisotopic (exact) mass is 383 g/mol. The highest BCUT2D eigenvalue weighted by atomic mass is 15.0. The van der Waals surface area contributed by atoms with Crippen LogP contribution in [0.2, 0.25) is 0 Å². The maximum absolute atomic E-state index is 2.55. The number of aromatic nitrogens is 1. The largest absolute Gasteiger partial charge is 0.310 e. The Morgan fingerprint density at radius 3 is 2.27 bits per heavy atom. The van der Waals surface area contributed by atoms with Gasteiger partial charge in [-0.15, -0.1) is 0 Å². The molecule has 1 aromatic heterocycles. The molecule has 0 aliphatic carbocycles. The van der Waals surface area contributed by atoms with Gasteiger partial charge in [0.25, 0.3) is 0 Å². The van der Waals surface area contributed by atoms with Crippen molar-refractivity contribution >= 4 is 44.9 Å². The van der Waals surface area contributed by atoms with Gasteiger partial charge in [0.2, 0.25) is 6.71 Å². The average molecular weight is 383 g/mol.